The lowest BCUT2D eigenvalue weighted by Crippen LogP contribution is -2.29. The molecule has 1 unspecified atom stereocenters. The number of halogens is 3. The predicted octanol–water partition coefficient (Wildman–Crippen LogP) is 3.27. The molecule has 0 bridgehead atoms. The zero-order valence-electron chi connectivity index (χ0n) is 9.00. The summed E-state index contributed by atoms with van der Waals surface area (Å²) >= 11 is 13.5. The van der Waals surface area contributed by atoms with Gasteiger partial charge < -0.3 is 5.32 Å². The lowest BCUT2D eigenvalue weighted by molar-refractivity contribution is 0.323. The normalized spacial score (nSPS) is 21.1. The maximum absolute atomic E-state index is 6.09. The average molecular weight is 302 g/mol. The summed E-state index contributed by atoms with van der Waals surface area (Å²) in [6.45, 7) is 3.15. The summed E-state index contributed by atoms with van der Waals surface area (Å²) in [5, 5.41) is 6.09. The lowest BCUT2D eigenvalue weighted by Gasteiger charge is -2.15. The van der Waals surface area contributed by atoms with Crippen LogP contribution in [-0.4, -0.2) is 31.1 Å². The molecular weight excluding hydrogens is 287 g/mol. The zero-order valence-corrected chi connectivity index (χ0v) is 12.1. The minimum absolute atomic E-state index is 0. The largest absolute Gasteiger partial charge is 0.316 e. The SMILES string of the molecule is CNC1CCN(Cc2csc(Cl)c2Cl)C1.Cl. The Morgan fingerprint density at radius 1 is 1.56 bits per heavy atom. The first-order chi connectivity index (χ1) is 7.20. The molecule has 2 heterocycles. The predicted molar refractivity (Wildman–Crippen MR) is 74.3 cm³/mol. The van der Waals surface area contributed by atoms with Crippen LogP contribution in [-0.2, 0) is 6.54 Å². The van der Waals surface area contributed by atoms with Crippen LogP contribution in [0.4, 0.5) is 0 Å². The number of rotatable bonds is 3. The Morgan fingerprint density at radius 3 is 2.81 bits per heavy atom. The highest BCUT2D eigenvalue weighted by Gasteiger charge is 2.22. The molecule has 0 amide bonds. The van der Waals surface area contributed by atoms with Gasteiger partial charge in [-0.25, -0.2) is 0 Å². The van der Waals surface area contributed by atoms with E-state index in [-0.39, 0.29) is 12.4 Å². The topological polar surface area (TPSA) is 15.3 Å². The van der Waals surface area contributed by atoms with Gasteiger partial charge in [0.2, 0.25) is 0 Å². The Hall–Kier alpha value is 0.490. The monoisotopic (exact) mass is 300 g/mol. The van der Waals surface area contributed by atoms with Crippen molar-refractivity contribution in [3.8, 4) is 0 Å². The second-order valence-corrected chi connectivity index (χ2v) is 5.72. The molecule has 2 rings (SSSR count). The Labute approximate surface area is 116 Å². The van der Waals surface area contributed by atoms with E-state index in [1.807, 2.05) is 7.05 Å². The van der Waals surface area contributed by atoms with Crippen LogP contribution in [0.5, 0.6) is 0 Å². The third-order valence-electron chi connectivity index (χ3n) is 2.83. The molecule has 6 heteroatoms. The van der Waals surface area contributed by atoms with Gasteiger partial charge in [0.25, 0.3) is 0 Å². The van der Waals surface area contributed by atoms with Crippen molar-refractivity contribution in [1.29, 1.82) is 0 Å². The first-order valence-electron chi connectivity index (χ1n) is 5.01. The Kier molecular flexibility index (Phi) is 5.85. The summed E-state index contributed by atoms with van der Waals surface area (Å²) < 4.78 is 0.705. The summed E-state index contributed by atoms with van der Waals surface area (Å²) in [6, 6.07) is 0.623. The quantitative estimate of drug-likeness (QED) is 0.922. The van der Waals surface area contributed by atoms with Gasteiger partial charge in [-0.1, -0.05) is 23.2 Å². The third-order valence-corrected chi connectivity index (χ3v) is 4.74. The van der Waals surface area contributed by atoms with Crippen LogP contribution in [0, 0.1) is 0 Å². The van der Waals surface area contributed by atoms with Gasteiger partial charge in [-0.15, -0.1) is 23.7 Å². The van der Waals surface area contributed by atoms with Crippen molar-refractivity contribution in [2.24, 2.45) is 0 Å². The van der Waals surface area contributed by atoms with Crippen molar-refractivity contribution in [1.82, 2.24) is 10.2 Å². The Morgan fingerprint density at radius 2 is 2.31 bits per heavy atom. The van der Waals surface area contributed by atoms with Gasteiger partial charge >= 0.3 is 0 Å². The molecule has 1 aromatic rings. The van der Waals surface area contributed by atoms with Crippen LogP contribution in [0.15, 0.2) is 5.38 Å². The number of thiophene rings is 1. The van der Waals surface area contributed by atoms with Gasteiger partial charge in [0.1, 0.15) is 4.34 Å². The summed E-state index contributed by atoms with van der Waals surface area (Å²) in [5.74, 6) is 0. The van der Waals surface area contributed by atoms with Crippen LogP contribution >= 0.6 is 46.9 Å². The molecule has 16 heavy (non-hydrogen) atoms. The summed E-state index contributed by atoms with van der Waals surface area (Å²) in [5.41, 5.74) is 1.16. The lowest BCUT2D eigenvalue weighted by atomic mass is 10.3. The zero-order chi connectivity index (χ0) is 10.8. The molecule has 1 aromatic heterocycles. The fourth-order valence-electron chi connectivity index (χ4n) is 1.91. The number of nitrogens with zero attached hydrogens (tertiary/aromatic N) is 1. The Bertz CT molecular complexity index is 343. The van der Waals surface area contributed by atoms with Crippen LogP contribution in [0.3, 0.4) is 0 Å². The molecule has 0 saturated carbocycles. The number of hydrogen-bond donors (Lipinski definition) is 1. The van der Waals surface area contributed by atoms with Crippen molar-refractivity contribution in [3.05, 3.63) is 20.3 Å². The average Bonchev–Trinajstić information content (AvgIpc) is 2.80. The maximum atomic E-state index is 6.09. The summed E-state index contributed by atoms with van der Waals surface area (Å²) in [7, 11) is 2.02. The number of likely N-dealkylation sites (tertiary alicyclic amines) is 1. The fourth-order valence-corrected chi connectivity index (χ4v) is 3.15. The van der Waals surface area contributed by atoms with E-state index in [0.29, 0.717) is 10.4 Å². The molecule has 1 aliphatic heterocycles. The van der Waals surface area contributed by atoms with Crippen LogP contribution in [0.2, 0.25) is 9.36 Å². The van der Waals surface area contributed by atoms with Crippen molar-refractivity contribution in [3.63, 3.8) is 0 Å². The van der Waals surface area contributed by atoms with Gasteiger partial charge in [-0.3, -0.25) is 4.90 Å². The van der Waals surface area contributed by atoms with Crippen LogP contribution in [0.25, 0.3) is 0 Å². The maximum Gasteiger partial charge on any atom is 0.112 e. The molecule has 1 fully saturated rings. The van der Waals surface area contributed by atoms with E-state index in [4.69, 9.17) is 23.2 Å². The van der Waals surface area contributed by atoms with Gasteiger partial charge in [0.15, 0.2) is 0 Å². The molecule has 2 nitrogen and oxygen atoms in total. The molecule has 0 spiro atoms. The van der Waals surface area contributed by atoms with Gasteiger partial charge in [0, 0.05) is 25.7 Å². The molecule has 1 atom stereocenters. The first-order valence-corrected chi connectivity index (χ1v) is 6.65. The van der Waals surface area contributed by atoms with Crippen molar-refractivity contribution >= 4 is 46.9 Å². The van der Waals surface area contributed by atoms with E-state index in [2.05, 4.69) is 15.6 Å². The number of nitrogens with one attached hydrogen (secondary N) is 1. The van der Waals surface area contributed by atoms with Crippen molar-refractivity contribution in [2.75, 3.05) is 20.1 Å². The summed E-state index contributed by atoms with van der Waals surface area (Å²) in [4.78, 5) is 2.41. The number of likely N-dealkylation sites (N-methyl/N-ethyl adjacent to an activating group) is 1. The van der Waals surface area contributed by atoms with E-state index in [1.165, 1.54) is 17.8 Å². The Balaban J connectivity index is 0.00000128. The fraction of sp³-hybridized carbons (Fsp3) is 0.600. The second kappa shape index (κ2) is 6.43. The molecule has 1 saturated heterocycles. The third kappa shape index (κ3) is 3.25. The molecule has 92 valence electrons. The highest BCUT2D eigenvalue weighted by Crippen LogP contribution is 2.33. The molecule has 0 radical (unpaired) electrons. The van der Waals surface area contributed by atoms with E-state index in [9.17, 15) is 0 Å². The van der Waals surface area contributed by atoms with E-state index in [0.717, 1.165) is 30.2 Å². The van der Waals surface area contributed by atoms with E-state index < -0.39 is 0 Å². The van der Waals surface area contributed by atoms with Gasteiger partial charge in [0.05, 0.1) is 5.02 Å². The van der Waals surface area contributed by atoms with Crippen LogP contribution < -0.4 is 5.32 Å². The van der Waals surface area contributed by atoms with E-state index >= 15 is 0 Å². The first kappa shape index (κ1) is 14.6. The minimum Gasteiger partial charge on any atom is -0.316 e. The molecular formula is C10H15Cl3N2S. The molecule has 0 aromatic carbocycles. The smallest absolute Gasteiger partial charge is 0.112 e. The highest BCUT2D eigenvalue weighted by molar-refractivity contribution is 7.15. The number of hydrogen-bond acceptors (Lipinski definition) is 3. The van der Waals surface area contributed by atoms with Gasteiger partial charge in [-0.05, 0) is 24.4 Å². The standard InChI is InChI=1S/C10H14Cl2N2S.ClH/c1-13-8-2-3-14(5-8)4-7-6-15-10(12)9(7)11;/h6,8,13H,2-5H2,1H3;1H. The molecule has 1 aliphatic rings. The molecule has 1 N–H and O–H groups in total. The summed E-state index contributed by atoms with van der Waals surface area (Å²) in [6.07, 6.45) is 1.21. The molecule has 0 aliphatic carbocycles. The second-order valence-electron chi connectivity index (χ2n) is 3.86. The van der Waals surface area contributed by atoms with Crippen LogP contribution in [0.1, 0.15) is 12.0 Å². The van der Waals surface area contributed by atoms with Crippen molar-refractivity contribution in [2.45, 2.75) is 19.0 Å². The van der Waals surface area contributed by atoms with E-state index in [1.54, 1.807) is 0 Å². The highest BCUT2D eigenvalue weighted by atomic mass is 35.5. The minimum atomic E-state index is 0. The van der Waals surface area contributed by atoms with Gasteiger partial charge in [-0.2, -0.15) is 0 Å². The van der Waals surface area contributed by atoms with Crippen molar-refractivity contribution < 1.29 is 0 Å².